The first-order chi connectivity index (χ1) is 11.4. The Bertz CT molecular complexity index is 707. The third-order valence-electron chi connectivity index (χ3n) is 3.79. The Morgan fingerprint density at radius 1 is 1.33 bits per heavy atom. The topological polar surface area (TPSA) is 46.6 Å². The molecular formula is C19H23NO3S. The van der Waals surface area contributed by atoms with Gasteiger partial charge in [0.15, 0.2) is 0 Å². The van der Waals surface area contributed by atoms with Crippen molar-refractivity contribution in [1.29, 1.82) is 0 Å². The van der Waals surface area contributed by atoms with Crippen molar-refractivity contribution in [3.63, 3.8) is 0 Å². The summed E-state index contributed by atoms with van der Waals surface area (Å²) in [7, 11) is 0. The quantitative estimate of drug-likeness (QED) is 0.552. The number of imide groups is 1. The fourth-order valence-corrected chi connectivity index (χ4v) is 3.37. The summed E-state index contributed by atoms with van der Waals surface area (Å²) in [6, 6.07) is 4.05. The van der Waals surface area contributed by atoms with Crippen LogP contribution in [0, 0.1) is 6.92 Å². The number of hydrogen-bond donors (Lipinski definition) is 0. The van der Waals surface area contributed by atoms with Crippen LogP contribution in [0.3, 0.4) is 0 Å². The van der Waals surface area contributed by atoms with Gasteiger partial charge in [-0.1, -0.05) is 19.9 Å². The van der Waals surface area contributed by atoms with Gasteiger partial charge >= 0.3 is 0 Å². The summed E-state index contributed by atoms with van der Waals surface area (Å²) in [5, 5.41) is -0.251. The van der Waals surface area contributed by atoms with Gasteiger partial charge in [0, 0.05) is 6.54 Å². The van der Waals surface area contributed by atoms with Crippen molar-refractivity contribution in [3.8, 4) is 5.75 Å². The number of aryl methyl sites for hydroxylation is 1. The van der Waals surface area contributed by atoms with E-state index in [9.17, 15) is 9.59 Å². The van der Waals surface area contributed by atoms with Crippen molar-refractivity contribution in [2.24, 2.45) is 0 Å². The van der Waals surface area contributed by atoms with Crippen LogP contribution in [0.4, 0.5) is 4.79 Å². The molecule has 128 valence electrons. The summed E-state index contributed by atoms with van der Waals surface area (Å²) < 4.78 is 5.73. The first kappa shape index (κ1) is 18.3. The van der Waals surface area contributed by atoms with Crippen molar-refractivity contribution >= 4 is 29.0 Å². The van der Waals surface area contributed by atoms with Crippen molar-refractivity contribution in [1.82, 2.24) is 4.90 Å². The van der Waals surface area contributed by atoms with E-state index in [2.05, 4.69) is 20.4 Å². The normalized spacial score (nSPS) is 16.4. The number of benzene rings is 1. The first-order valence-corrected chi connectivity index (χ1v) is 8.84. The highest BCUT2D eigenvalue weighted by Crippen LogP contribution is 2.35. The molecule has 0 aromatic heterocycles. The van der Waals surface area contributed by atoms with Crippen molar-refractivity contribution in [2.75, 3.05) is 13.2 Å². The van der Waals surface area contributed by atoms with Crippen LogP contribution in [-0.2, 0) is 4.79 Å². The molecular weight excluding hydrogens is 322 g/mol. The molecule has 1 fully saturated rings. The van der Waals surface area contributed by atoms with Crippen LogP contribution in [-0.4, -0.2) is 29.2 Å². The monoisotopic (exact) mass is 345 g/mol. The number of ether oxygens (including phenoxy) is 1. The SMILES string of the molecule is C=CCN1C(=O)S/C(=C/c2cc(C(C)C)c(OCC)cc2C)C1=O. The zero-order valence-corrected chi connectivity index (χ0v) is 15.4. The molecule has 0 aliphatic carbocycles. The molecule has 1 saturated heterocycles. The molecule has 2 amide bonds. The van der Waals surface area contributed by atoms with Crippen molar-refractivity contribution < 1.29 is 14.3 Å². The predicted octanol–water partition coefficient (Wildman–Crippen LogP) is 4.74. The summed E-state index contributed by atoms with van der Waals surface area (Å²) in [5.41, 5.74) is 3.05. The van der Waals surface area contributed by atoms with Gasteiger partial charge in [0.05, 0.1) is 11.5 Å². The first-order valence-electron chi connectivity index (χ1n) is 8.02. The van der Waals surface area contributed by atoms with Gasteiger partial charge in [-0.05, 0) is 66.4 Å². The Hall–Kier alpha value is -2.01. The average Bonchev–Trinajstić information content (AvgIpc) is 2.78. The third kappa shape index (κ3) is 3.73. The van der Waals surface area contributed by atoms with Crippen LogP contribution in [0.25, 0.3) is 6.08 Å². The number of carbonyl (C=O) groups excluding carboxylic acids is 2. The van der Waals surface area contributed by atoms with E-state index in [-0.39, 0.29) is 17.7 Å². The minimum atomic E-state index is -0.260. The molecule has 4 nitrogen and oxygen atoms in total. The molecule has 0 saturated carbocycles. The minimum absolute atomic E-state index is 0.238. The van der Waals surface area contributed by atoms with E-state index in [1.54, 1.807) is 12.2 Å². The second kappa shape index (κ2) is 7.71. The van der Waals surface area contributed by atoms with Crippen LogP contribution in [0.1, 0.15) is 43.4 Å². The van der Waals surface area contributed by atoms with E-state index in [0.29, 0.717) is 17.4 Å². The summed E-state index contributed by atoms with van der Waals surface area (Å²) in [6.07, 6.45) is 3.35. The largest absolute Gasteiger partial charge is 0.494 e. The molecule has 5 heteroatoms. The molecule has 0 unspecified atom stereocenters. The Balaban J connectivity index is 2.42. The zero-order chi connectivity index (χ0) is 17.9. The average molecular weight is 345 g/mol. The fourth-order valence-electron chi connectivity index (χ4n) is 2.53. The number of nitrogens with zero attached hydrogens (tertiary/aromatic N) is 1. The molecule has 1 aromatic rings. The fraction of sp³-hybridized carbons (Fsp3) is 0.368. The highest BCUT2D eigenvalue weighted by molar-refractivity contribution is 8.18. The van der Waals surface area contributed by atoms with Gasteiger partial charge < -0.3 is 4.74 Å². The van der Waals surface area contributed by atoms with E-state index in [0.717, 1.165) is 34.2 Å². The van der Waals surface area contributed by atoms with Gasteiger partial charge in [0.2, 0.25) is 0 Å². The number of rotatable bonds is 6. The summed E-state index contributed by atoms with van der Waals surface area (Å²) in [6.45, 7) is 12.6. The second-order valence-electron chi connectivity index (χ2n) is 5.92. The van der Waals surface area contributed by atoms with Gasteiger partial charge in [-0.3, -0.25) is 14.5 Å². The van der Waals surface area contributed by atoms with Crippen molar-refractivity contribution in [2.45, 2.75) is 33.6 Å². The lowest BCUT2D eigenvalue weighted by molar-refractivity contribution is -0.122. The van der Waals surface area contributed by atoms with Crippen LogP contribution in [0.15, 0.2) is 29.7 Å². The lowest BCUT2D eigenvalue weighted by atomic mass is 9.96. The Morgan fingerprint density at radius 3 is 2.62 bits per heavy atom. The minimum Gasteiger partial charge on any atom is -0.494 e. The summed E-state index contributed by atoms with van der Waals surface area (Å²) >= 11 is 0.974. The molecule has 0 radical (unpaired) electrons. The molecule has 1 heterocycles. The van der Waals surface area contributed by atoms with E-state index in [1.165, 1.54) is 4.90 Å². The smallest absolute Gasteiger partial charge is 0.293 e. The maximum absolute atomic E-state index is 12.4. The lowest BCUT2D eigenvalue weighted by Crippen LogP contribution is -2.27. The molecule has 1 aliphatic heterocycles. The van der Waals surface area contributed by atoms with E-state index < -0.39 is 0 Å². The Kier molecular flexibility index (Phi) is 5.89. The van der Waals surface area contributed by atoms with Gasteiger partial charge in [0.1, 0.15) is 5.75 Å². The number of thioether (sulfide) groups is 1. The van der Waals surface area contributed by atoms with Gasteiger partial charge in [-0.15, -0.1) is 6.58 Å². The highest BCUT2D eigenvalue weighted by Gasteiger charge is 2.34. The lowest BCUT2D eigenvalue weighted by Gasteiger charge is -2.16. The third-order valence-corrected chi connectivity index (χ3v) is 4.70. The number of carbonyl (C=O) groups is 2. The molecule has 1 aliphatic rings. The highest BCUT2D eigenvalue weighted by atomic mass is 32.2. The molecule has 2 rings (SSSR count). The standard InChI is InChI=1S/C19H23NO3S/c1-6-8-20-18(21)17(24-19(20)22)11-14-10-15(12(3)4)16(23-7-2)9-13(14)5/h6,9-12H,1,7-8H2,2-5H3/b17-11+. The Labute approximate surface area is 147 Å². The summed E-state index contributed by atoms with van der Waals surface area (Å²) in [5.74, 6) is 0.918. The van der Waals surface area contributed by atoms with Gasteiger partial charge in [0.25, 0.3) is 11.1 Å². The van der Waals surface area contributed by atoms with Crippen LogP contribution >= 0.6 is 11.8 Å². The van der Waals surface area contributed by atoms with Gasteiger partial charge in [-0.25, -0.2) is 0 Å². The maximum atomic E-state index is 12.4. The molecule has 0 N–H and O–H groups in total. The number of amides is 2. The summed E-state index contributed by atoms with van der Waals surface area (Å²) in [4.78, 5) is 25.9. The molecule has 0 atom stereocenters. The molecule has 24 heavy (non-hydrogen) atoms. The molecule has 0 bridgehead atoms. The Morgan fingerprint density at radius 2 is 2.04 bits per heavy atom. The van der Waals surface area contributed by atoms with E-state index >= 15 is 0 Å². The zero-order valence-electron chi connectivity index (χ0n) is 14.6. The molecule has 0 spiro atoms. The van der Waals surface area contributed by atoms with E-state index in [4.69, 9.17) is 4.74 Å². The van der Waals surface area contributed by atoms with Crippen LogP contribution in [0.2, 0.25) is 0 Å². The van der Waals surface area contributed by atoms with Crippen LogP contribution in [0.5, 0.6) is 5.75 Å². The van der Waals surface area contributed by atoms with Gasteiger partial charge in [-0.2, -0.15) is 0 Å². The number of hydrogen-bond acceptors (Lipinski definition) is 4. The van der Waals surface area contributed by atoms with Crippen LogP contribution < -0.4 is 4.74 Å². The predicted molar refractivity (Wildman–Crippen MR) is 99.3 cm³/mol. The van der Waals surface area contributed by atoms with Crippen molar-refractivity contribution in [3.05, 3.63) is 46.4 Å². The van der Waals surface area contributed by atoms with E-state index in [1.807, 2.05) is 26.0 Å². The molecule has 1 aromatic carbocycles. The second-order valence-corrected chi connectivity index (χ2v) is 6.91. The maximum Gasteiger partial charge on any atom is 0.293 e.